The summed E-state index contributed by atoms with van der Waals surface area (Å²) in [5.74, 6) is 0.349. The Morgan fingerprint density at radius 3 is 1.79 bits per heavy atom. The van der Waals surface area contributed by atoms with Crippen molar-refractivity contribution in [3.8, 4) is 0 Å². The average Bonchev–Trinajstić information content (AvgIpc) is 2.53. The molecule has 0 N–H and O–H groups in total. The molecule has 0 amide bonds. The Hall–Kier alpha value is -2.09. The molecule has 0 unspecified atom stereocenters. The van der Waals surface area contributed by atoms with E-state index in [2.05, 4.69) is 62.9 Å². The molecule has 0 aromatic heterocycles. The van der Waals surface area contributed by atoms with Gasteiger partial charge in [-0.3, -0.25) is 4.79 Å². The fourth-order valence-corrected chi connectivity index (χ4v) is 4.58. The number of para-hydroxylation sites is 1. The fourth-order valence-electron chi connectivity index (χ4n) is 4.58. The third-order valence-corrected chi connectivity index (χ3v) is 5.15. The van der Waals surface area contributed by atoms with Crippen molar-refractivity contribution in [3.63, 3.8) is 0 Å². The molecule has 1 heterocycles. The zero-order chi connectivity index (χ0) is 17.4. The Bertz CT molecular complexity index is 685. The molecule has 126 valence electrons. The molecular weight excluding hydrogens is 294 g/mol. The molecule has 0 atom stereocenters. The molecule has 24 heavy (non-hydrogen) atoms. The molecule has 1 aliphatic rings. The number of hydrogen-bond acceptors (Lipinski definition) is 2. The number of Topliss-reactive ketones (excluding diaryl/α,β-unsaturated/α-hetero) is 1. The zero-order valence-electron chi connectivity index (χ0n) is 15.1. The summed E-state index contributed by atoms with van der Waals surface area (Å²) in [6.07, 6.45) is 1.75. The van der Waals surface area contributed by atoms with Gasteiger partial charge in [-0.25, -0.2) is 0 Å². The van der Waals surface area contributed by atoms with Crippen LogP contribution in [0.3, 0.4) is 0 Å². The van der Waals surface area contributed by atoms with Crippen molar-refractivity contribution in [2.75, 3.05) is 4.90 Å². The second kappa shape index (κ2) is 6.08. The first-order valence-corrected chi connectivity index (χ1v) is 8.76. The van der Waals surface area contributed by atoms with E-state index in [4.69, 9.17) is 0 Å². The maximum atomic E-state index is 13.0. The molecule has 2 aromatic carbocycles. The minimum atomic E-state index is -0.0712. The van der Waals surface area contributed by atoms with E-state index in [-0.39, 0.29) is 22.8 Å². The van der Waals surface area contributed by atoms with Crippen molar-refractivity contribution in [2.24, 2.45) is 5.92 Å². The number of anilines is 1. The molecule has 0 saturated carbocycles. The molecule has 1 saturated heterocycles. The van der Waals surface area contributed by atoms with Crippen LogP contribution < -0.4 is 4.90 Å². The normalized spacial score (nSPS) is 19.9. The quantitative estimate of drug-likeness (QED) is 0.711. The third kappa shape index (κ3) is 3.10. The number of ketones is 1. The van der Waals surface area contributed by atoms with Gasteiger partial charge in [0.2, 0.25) is 0 Å². The molecule has 2 heteroatoms. The first-order chi connectivity index (χ1) is 11.3. The summed E-state index contributed by atoms with van der Waals surface area (Å²) >= 11 is 0. The van der Waals surface area contributed by atoms with Crippen LogP contribution >= 0.6 is 0 Å². The van der Waals surface area contributed by atoms with Crippen molar-refractivity contribution < 1.29 is 4.79 Å². The number of nitrogens with zero attached hydrogens (tertiary/aromatic N) is 1. The van der Waals surface area contributed by atoms with Crippen LogP contribution in [0.4, 0.5) is 5.69 Å². The Kier molecular flexibility index (Phi) is 4.25. The molecule has 1 aliphatic heterocycles. The zero-order valence-corrected chi connectivity index (χ0v) is 15.1. The van der Waals surface area contributed by atoms with E-state index in [0.29, 0.717) is 0 Å². The standard InChI is InChI=1S/C22H27NO/c1-21(2)15-18(20(24)17-11-7-5-8-12-17)16-22(3,4)23(21)19-13-9-6-10-14-19/h5-14,18H,15-16H2,1-4H3. The van der Waals surface area contributed by atoms with Crippen LogP contribution in [0.15, 0.2) is 60.7 Å². The number of hydrogen-bond donors (Lipinski definition) is 0. The molecule has 0 bridgehead atoms. The summed E-state index contributed by atoms with van der Waals surface area (Å²) in [6, 6.07) is 20.3. The van der Waals surface area contributed by atoms with Gasteiger partial charge in [0, 0.05) is 28.2 Å². The monoisotopic (exact) mass is 321 g/mol. The lowest BCUT2D eigenvalue weighted by Gasteiger charge is -2.56. The summed E-state index contributed by atoms with van der Waals surface area (Å²) in [7, 11) is 0. The third-order valence-electron chi connectivity index (χ3n) is 5.15. The van der Waals surface area contributed by atoms with Gasteiger partial charge in [-0.1, -0.05) is 48.5 Å². The summed E-state index contributed by atoms with van der Waals surface area (Å²) in [4.78, 5) is 15.5. The summed E-state index contributed by atoms with van der Waals surface area (Å²) in [5.41, 5.74) is 1.93. The summed E-state index contributed by atoms with van der Waals surface area (Å²) in [5, 5.41) is 0. The average molecular weight is 321 g/mol. The highest BCUT2D eigenvalue weighted by Gasteiger charge is 2.47. The van der Waals surface area contributed by atoms with E-state index >= 15 is 0 Å². The van der Waals surface area contributed by atoms with Crippen LogP contribution in [0, 0.1) is 5.92 Å². The highest BCUT2D eigenvalue weighted by molar-refractivity contribution is 5.98. The number of carbonyl (C=O) groups is 1. The first kappa shape index (κ1) is 16.8. The van der Waals surface area contributed by atoms with Gasteiger partial charge in [-0.05, 0) is 52.7 Å². The van der Waals surface area contributed by atoms with Crippen molar-refractivity contribution in [3.05, 3.63) is 66.2 Å². The smallest absolute Gasteiger partial charge is 0.166 e. The van der Waals surface area contributed by atoms with Crippen LogP contribution in [-0.2, 0) is 0 Å². The van der Waals surface area contributed by atoms with Gasteiger partial charge in [0.1, 0.15) is 0 Å². The van der Waals surface area contributed by atoms with E-state index < -0.39 is 0 Å². The van der Waals surface area contributed by atoms with Gasteiger partial charge < -0.3 is 4.90 Å². The van der Waals surface area contributed by atoms with Gasteiger partial charge in [0.05, 0.1) is 0 Å². The minimum Gasteiger partial charge on any atom is -0.361 e. The SMILES string of the molecule is CC1(C)CC(C(=O)c2ccccc2)CC(C)(C)N1c1ccccc1. The second-order valence-corrected chi connectivity index (χ2v) is 8.13. The van der Waals surface area contributed by atoms with Crippen LogP contribution in [0.5, 0.6) is 0 Å². The lowest BCUT2D eigenvalue weighted by atomic mass is 9.71. The predicted molar refractivity (Wildman–Crippen MR) is 101 cm³/mol. The Balaban J connectivity index is 1.92. The highest BCUT2D eigenvalue weighted by atomic mass is 16.1. The number of rotatable bonds is 3. The Morgan fingerprint density at radius 1 is 0.833 bits per heavy atom. The molecule has 3 rings (SSSR count). The van der Waals surface area contributed by atoms with Crippen molar-refractivity contribution >= 4 is 11.5 Å². The Labute approximate surface area is 145 Å². The lowest BCUT2D eigenvalue weighted by molar-refractivity contribution is 0.0807. The number of benzene rings is 2. The van der Waals surface area contributed by atoms with Crippen molar-refractivity contribution in [1.29, 1.82) is 0 Å². The largest absolute Gasteiger partial charge is 0.361 e. The van der Waals surface area contributed by atoms with Crippen LogP contribution in [-0.4, -0.2) is 16.9 Å². The van der Waals surface area contributed by atoms with E-state index in [1.54, 1.807) is 0 Å². The topological polar surface area (TPSA) is 20.3 Å². The van der Waals surface area contributed by atoms with Gasteiger partial charge in [0.15, 0.2) is 5.78 Å². The van der Waals surface area contributed by atoms with Gasteiger partial charge in [-0.15, -0.1) is 0 Å². The molecule has 1 fully saturated rings. The first-order valence-electron chi connectivity index (χ1n) is 8.76. The van der Waals surface area contributed by atoms with Crippen LogP contribution in [0.25, 0.3) is 0 Å². The molecule has 0 aliphatic carbocycles. The van der Waals surface area contributed by atoms with E-state index in [0.717, 1.165) is 18.4 Å². The van der Waals surface area contributed by atoms with Crippen LogP contribution in [0.2, 0.25) is 0 Å². The minimum absolute atomic E-state index is 0.0670. The second-order valence-electron chi connectivity index (χ2n) is 8.13. The van der Waals surface area contributed by atoms with Gasteiger partial charge in [0.25, 0.3) is 0 Å². The van der Waals surface area contributed by atoms with E-state index in [1.807, 2.05) is 30.3 Å². The molecule has 2 aromatic rings. The molecule has 2 nitrogen and oxygen atoms in total. The van der Waals surface area contributed by atoms with E-state index in [1.165, 1.54) is 5.69 Å². The maximum Gasteiger partial charge on any atom is 0.166 e. The molecule has 0 spiro atoms. The maximum absolute atomic E-state index is 13.0. The number of piperidine rings is 1. The van der Waals surface area contributed by atoms with Crippen molar-refractivity contribution in [1.82, 2.24) is 0 Å². The molecule has 0 radical (unpaired) electrons. The van der Waals surface area contributed by atoms with Gasteiger partial charge in [-0.2, -0.15) is 0 Å². The fraction of sp³-hybridized carbons (Fsp3) is 0.409. The van der Waals surface area contributed by atoms with Gasteiger partial charge >= 0.3 is 0 Å². The lowest BCUT2D eigenvalue weighted by Crippen LogP contribution is -2.62. The predicted octanol–water partition coefficient (Wildman–Crippen LogP) is 5.34. The summed E-state index contributed by atoms with van der Waals surface area (Å²) < 4.78 is 0. The molecular formula is C22H27NO. The highest BCUT2D eigenvalue weighted by Crippen LogP contribution is 2.45. The van der Waals surface area contributed by atoms with Crippen molar-refractivity contribution in [2.45, 2.75) is 51.6 Å². The number of carbonyl (C=O) groups excluding carboxylic acids is 1. The van der Waals surface area contributed by atoms with Crippen LogP contribution in [0.1, 0.15) is 50.9 Å². The summed E-state index contributed by atoms with van der Waals surface area (Å²) in [6.45, 7) is 9.02. The van der Waals surface area contributed by atoms with E-state index in [9.17, 15) is 4.79 Å². The Morgan fingerprint density at radius 2 is 1.29 bits per heavy atom.